The van der Waals surface area contributed by atoms with E-state index >= 15 is 0 Å². The maximum atomic E-state index is 14.9. The molecule has 2 aromatic heterocycles. The van der Waals surface area contributed by atoms with Gasteiger partial charge in [-0.15, -0.1) is 11.3 Å². The lowest BCUT2D eigenvalue weighted by Gasteiger charge is -2.23. The van der Waals surface area contributed by atoms with E-state index in [1.807, 2.05) is 66.5 Å². The molecule has 5 rings (SSSR count). The van der Waals surface area contributed by atoms with Crippen LogP contribution in [0.25, 0.3) is 16.9 Å². The first-order valence-corrected chi connectivity index (χ1v) is 13.3. The van der Waals surface area contributed by atoms with Gasteiger partial charge in [0.05, 0.1) is 17.1 Å². The molecule has 1 saturated carbocycles. The molecular weight excluding hydrogens is 459 g/mol. The minimum Gasteiger partial charge on any atom is -0.313 e. The first-order valence-electron chi connectivity index (χ1n) is 12.4. The summed E-state index contributed by atoms with van der Waals surface area (Å²) < 4.78 is 20.6. The second kappa shape index (κ2) is 10.2. The van der Waals surface area contributed by atoms with E-state index in [0.717, 1.165) is 47.6 Å². The highest BCUT2D eigenvalue weighted by Gasteiger charge is 2.22. The fourth-order valence-corrected chi connectivity index (χ4v) is 6.05. The van der Waals surface area contributed by atoms with Crippen LogP contribution in [0.15, 0.2) is 69.8 Å². The van der Waals surface area contributed by atoms with Crippen molar-refractivity contribution in [3.63, 3.8) is 0 Å². The summed E-state index contributed by atoms with van der Waals surface area (Å²) in [6.45, 7) is 1.92. The van der Waals surface area contributed by atoms with Crippen molar-refractivity contribution in [3.8, 4) is 16.9 Å². The summed E-state index contributed by atoms with van der Waals surface area (Å²) in [5.41, 5.74) is 3.30. The zero-order chi connectivity index (χ0) is 24.4. The topological polar surface area (TPSA) is 44.2 Å². The van der Waals surface area contributed by atoms with Gasteiger partial charge in [0.1, 0.15) is 5.82 Å². The molecule has 5 nitrogen and oxygen atoms in total. The van der Waals surface area contributed by atoms with E-state index < -0.39 is 0 Å². The Morgan fingerprint density at radius 2 is 1.60 bits per heavy atom. The molecular formula is C28H31FN4OS. The van der Waals surface area contributed by atoms with E-state index in [2.05, 4.69) is 4.57 Å². The maximum absolute atomic E-state index is 14.9. The average Bonchev–Trinajstić information content (AvgIpc) is 3.34. The molecule has 0 N–H and O–H groups in total. The molecule has 0 aliphatic heterocycles. The summed E-state index contributed by atoms with van der Waals surface area (Å²) in [5, 5.41) is 1.99. The third-order valence-corrected chi connectivity index (χ3v) is 7.90. The molecule has 1 aliphatic carbocycles. The number of hydrogen-bond donors (Lipinski definition) is 0. The Morgan fingerprint density at radius 1 is 0.943 bits per heavy atom. The summed E-state index contributed by atoms with van der Waals surface area (Å²) in [6.07, 6.45) is 8.09. The fraction of sp³-hybridized carbons (Fsp3) is 0.357. The smallest absolute Gasteiger partial charge is 0.297 e. The lowest BCUT2D eigenvalue weighted by Crippen LogP contribution is -2.24. The normalized spacial score (nSPS) is 15.8. The van der Waals surface area contributed by atoms with Crippen LogP contribution in [0.5, 0.6) is 0 Å². The molecule has 0 amide bonds. The molecule has 0 radical (unpaired) electrons. The van der Waals surface area contributed by atoms with Crippen molar-refractivity contribution in [2.45, 2.75) is 57.9 Å². The number of hydrogen-bond acceptors (Lipinski definition) is 3. The molecule has 182 valence electrons. The summed E-state index contributed by atoms with van der Waals surface area (Å²) in [6, 6.07) is 16.8. The summed E-state index contributed by atoms with van der Waals surface area (Å²) in [7, 11) is 1.88. The predicted octanol–water partition coefficient (Wildman–Crippen LogP) is 6.67. The lowest BCUT2D eigenvalue weighted by atomic mass is 9.96. The Bertz CT molecular complexity index is 1440. The van der Waals surface area contributed by atoms with E-state index in [1.54, 1.807) is 10.7 Å². The van der Waals surface area contributed by atoms with Crippen LogP contribution in [-0.4, -0.2) is 13.9 Å². The number of halogens is 1. The SMILES string of the molecule is Cc1c(N=c2scc(-c3ccccc3F)n2C2CCCCCCC2)c(=O)n(-c2ccccc2)n1C. The Balaban J connectivity index is 1.70. The van der Waals surface area contributed by atoms with Gasteiger partial charge in [0.2, 0.25) is 0 Å². The van der Waals surface area contributed by atoms with Gasteiger partial charge >= 0.3 is 0 Å². The van der Waals surface area contributed by atoms with Crippen molar-refractivity contribution in [2.75, 3.05) is 0 Å². The molecule has 2 aromatic carbocycles. The van der Waals surface area contributed by atoms with Gasteiger partial charge in [0, 0.05) is 24.0 Å². The number of para-hydroxylation sites is 1. The molecule has 2 heterocycles. The van der Waals surface area contributed by atoms with Crippen molar-refractivity contribution in [2.24, 2.45) is 12.0 Å². The summed E-state index contributed by atoms with van der Waals surface area (Å²) in [4.78, 5) is 19.2. The molecule has 1 aliphatic rings. The molecule has 0 saturated heterocycles. The number of rotatable bonds is 4. The molecule has 0 atom stereocenters. The zero-order valence-corrected chi connectivity index (χ0v) is 21.1. The van der Waals surface area contributed by atoms with E-state index in [-0.39, 0.29) is 17.4 Å². The maximum Gasteiger partial charge on any atom is 0.297 e. The first kappa shape index (κ1) is 23.5. The van der Waals surface area contributed by atoms with Crippen LogP contribution in [-0.2, 0) is 7.05 Å². The average molecular weight is 491 g/mol. The fourth-order valence-electron chi connectivity index (χ4n) is 5.09. The van der Waals surface area contributed by atoms with Crippen LogP contribution in [0.3, 0.4) is 0 Å². The van der Waals surface area contributed by atoms with Crippen molar-refractivity contribution < 1.29 is 4.39 Å². The summed E-state index contributed by atoms with van der Waals surface area (Å²) in [5.74, 6) is -0.237. The number of aromatic nitrogens is 3. The first-order chi connectivity index (χ1) is 17.1. The Labute approximate surface area is 208 Å². The van der Waals surface area contributed by atoms with Crippen LogP contribution in [0.2, 0.25) is 0 Å². The number of benzene rings is 2. The minimum atomic E-state index is -0.237. The van der Waals surface area contributed by atoms with Crippen LogP contribution < -0.4 is 10.4 Å². The van der Waals surface area contributed by atoms with Gasteiger partial charge < -0.3 is 4.57 Å². The van der Waals surface area contributed by atoms with Crippen molar-refractivity contribution in [3.05, 3.63) is 86.6 Å². The van der Waals surface area contributed by atoms with Crippen LogP contribution in [0.4, 0.5) is 10.1 Å². The highest BCUT2D eigenvalue weighted by Crippen LogP contribution is 2.32. The van der Waals surface area contributed by atoms with Gasteiger partial charge in [0.25, 0.3) is 5.56 Å². The minimum absolute atomic E-state index is 0.152. The van der Waals surface area contributed by atoms with E-state index in [0.29, 0.717) is 11.3 Å². The van der Waals surface area contributed by atoms with Gasteiger partial charge in [0.15, 0.2) is 10.5 Å². The van der Waals surface area contributed by atoms with Crippen LogP contribution in [0, 0.1) is 12.7 Å². The van der Waals surface area contributed by atoms with Crippen LogP contribution >= 0.6 is 11.3 Å². The lowest BCUT2D eigenvalue weighted by molar-refractivity contribution is 0.369. The molecule has 0 bridgehead atoms. The standard InChI is InChI=1S/C28H31FN4OS/c1-20-26(27(34)33(31(20)2)22-15-9-6-10-16-22)30-28-32(21-13-7-4-3-5-8-14-21)25(19-35-28)23-17-11-12-18-24(23)29/h6,9-12,15-19,21H,3-5,7-8,13-14H2,1-2H3. The second-order valence-electron chi connectivity index (χ2n) is 9.27. The predicted molar refractivity (Wildman–Crippen MR) is 140 cm³/mol. The Kier molecular flexibility index (Phi) is 6.86. The number of nitrogens with zero attached hydrogens (tertiary/aromatic N) is 4. The molecule has 35 heavy (non-hydrogen) atoms. The molecule has 0 spiro atoms. The van der Waals surface area contributed by atoms with Gasteiger partial charge in [-0.3, -0.25) is 9.48 Å². The van der Waals surface area contributed by atoms with Gasteiger partial charge in [-0.1, -0.05) is 62.4 Å². The van der Waals surface area contributed by atoms with Gasteiger partial charge in [-0.05, 0) is 44.0 Å². The monoisotopic (exact) mass is 490 g/mol. The van der Waals surface area contributed by atoms with Crippen molar-refractivity contribution in [1.82, 2.24) is 13.9 Å². The van der Waals surface area contributed by atoms with E-state index in [9.17, 15) is 9.18 Å². The third-order valence-electron chi connectivity index (χ3n) is 7.06. The molecule has 7 heteroatoms. The van der Waals surface area contributed by atoms with E-state index in [1.165, 1.54) is 36.7 Å². The molecule has 4 aromatic rings. The van der Waals surface area contributed by atoms with Crippen molar-refractivity contribution in [1.29, 1.82) is 0 Å². The summed E-state index contributed by atoms with van der Waals surface area (Å²) >= 11 is 1.48. The second-order valence-corrected chi connectivity index (χ2v) is 10.1. The highest BCUT2D eigenvalue weighted by atomic mass is 32.1. The van der Waals surface area contributed by atoms with E-state index in [4.69, 9.17) is 4.99 Å². The Hall–Kier alpha value is -3.19. The third kappa shape index (κ3) is 4.57. The van der Waals surface area contributed by atoms with Gasteiger partial charge in [-0.2, -0.15) is 0 Å². The number of thiazole rings is 1. The Morgan fingerprint density at radius 3 is 2.31 bits per heavy atom. The highest BCUT2D eigenvalue weighted by molar-refractivity contribution is 7.07. The van der Waals surface area contributed by atoms with Crippen molar-refractivity contribution >= 4 is 17.0 Å². The quantitative estimate of drug-likeness (QED) is 0.315. The van der Waals surface area contributed by atoms with Gasteiger partial charge in [-0.25, -0.2) is 14.1 Å². The zero-order valence-electron chi connectivity index (χ0n) is 20.3. The van der Waals surface area contributed by atoms with Crippen LogP contribution in [0.1, 0.15) is 56.7 Å². The molecule has 1 fully saturated rings. The molecule has 0 unspecified atom stereocenters. The largest absolute Gasteiger partial charge is 0.313 e.